The Balaban J connectivity index is 1.83. The molecule has 4 nitrogen and oxygen atoms in total. The first-order valence-corrected chi connectivity index (χ1v) is 5.18. The van der Waals surface area contributed by atoms with Crippen LogP contribution < -0.4 is 0 Å². The summed E-state index contributed by atoms with van der Waals surface area (Å²) < 4.78 is 5.09. The highest BCUT2D eigenvalue weighted by molar-refractivity contribution is 5.97. The van der Waals surface area contributed by atoms with E-state index in [9.17, 15) is 9.59 Å². The molecule has 1 aliphatic rings. The van der Waals surface area contributed by atoms with Crippen LogP contribution in [0.4, 0.5) is 4.79 Å². The van der Waals surface area contributed by atoms with Crippen molar-refractivity contribution in [3.05, 3.63) is 35.9 Å². The van der Waals surface area contributed by atoms with Crippen molar-refractivity contribution in [2.75, 3.05) is 6.54 Å². The Morgan fingerprint density at radius 1 is 1.44 bits per heavy atom. The van der Waals surface area contributed by atoms with Gasteiger partial charge in [0.15, 0.2) is 5.78 Å². The van der Waals surface area contributed by atoms with E-state index < -0.39 is 6.09 Å². The molecule has 1 atom stereocenters. The van der Waals surface area contributed by atoms with Crippen LogP contribution in [0.1, 0.15) is 12.5 Å². The first-order chi connectivity index (χ1) is 7.68. The minimum absolute atomic E-state index is 0.0802. The molecular formula is C12H13NO3. The van der Waals surface area contributed by atoms with Crippen LogP contribution in [0.2, 0.25) is 0 Å². The third-order valence-corrected chi connectivity index (χ3v) is 2.70. The molecule has 0 aromatic heterocycles. The lowest BCUT2D eigenvalue weighted by molar-refractivity contribution is -0.133. The van der Waals surface area contributed by atoms with Gasteiger partial charge in [0.05, 0.1) is 12.6 Å². The molecular weight excluding hydrogens is 206 g/mol. The van der Waals surface area contributed by atoms with Gasteiger partial charge in [0.1, 0.15) is 6.61 Å². The summed E-state index contributed by atoms with van der Waals surface area (Å²) in [4.78, 5) is 23.9. The average molecular weight is 219 g/mol. The second kappa shape index (κ2) is 4.35. The van der Waals surface area contributed by atoms with Crippen molar-refractivity contribution >= 4 is 11.9 Å². The molecule has 84 valence electrons. The maximum absolute atomic E-state index is 11.5. The number of Topliss-reactive ketones (excluding diaryl/α,β-unsaturated/α-hetero) is 1. The van der Waals surface area contributed by atoms with Crippen molar-refractivity contribution in [2.24, 2.45) is 0 Å². The average Bonchev–Trinajstić information content (AvgIpc) is 2.33. The highest BCUT2D eigenvalue weighted by atomic mass is 16.6. The van der Waals surface area contributed by atoms with E-state index in [1.54, 1.807) is 6.92 Å². The van der Waals surface area contributed by atoms with Gasteiger partial charge >= 0.3 is 6.09 Å². The summed E-state index contributed by atoms with van der Waals surface area (Å²) in [7, 11) is 0. The molecule has 0 bridgehead atoms. The van der Waals surface area contributed by atoms with Gasteiger partial charge < -0.3 is 4.74 Å². The largest absolute Gasteiger partial charge is 0.445 e. The molecule has 1 aromatic carbocycles. The summed E-state index contributed by atoms with van der Waals surface area (Å²) in [6.45, 7) is 2.13. The van der Waals surface area contributed by atoms with Gasteiger partial charge in [0.25, 0.3) is 0 Å². The van der Waals surface area contributed by atoms with Crippen LogP contribution in [0.25, 0.3) is 0 Å². The van der Waals surface area contributed by atoms with Gasteiger partial charge in [-0.1, -0.05) is 30.3 Å². The Morgan fingerprint density at radius 3 is 2.69 bits per heavy atom. The normalized spacial score (nSPS) is 19.2. The number of rotatable bonds is 2. The predicted molar refractivity (Wildman–Crippen MR) is 57.8 cm³/mol. The number of benzene rings is 1. The Bertz CT molecular complexity index is 402. The molecule has 0 saturated carbocycles. The summed E-state index contributed by atoms with van der Waals surface area (Å²) in [5.41, 5.74) is 0.940. The zero-order valence-electron chi connectivity index (χ0n) is 9.05. The molecule has 1 heterocycles. The van der Waals surface area contributed by atoms with Crippen LogP contribution in [0, 0.1) is 0 Å². The van der Waals surface area contributed by atoms with Crippen LogP contribution >= 0.6 is 0 Å². The SMILES string of the molecule is C[C@@H]1C(=O)CN1C(=O)OCc1ccccc1. The van der Waals surface area contributed by atoms with E-state index in [2.05, 4.69) is 0 Å². The van der Waals surface area contributed by atoms with E-state index in [1.807, 2.05) is 30.3 Å². The lowest BCUT2D eigenvalue weighted by Crippen LogP contribution is -2.57. The zero-order valence-corrected chi connectivity index (χ0v) is 9.05. The van der Waals surface area contributed by atoms with E-state index in [0.29, 0.717) is 0 Å². The van der Waals surface area contributed by atoms with Crippen LogP contribution in [0.15, 0.2) is 30.3 Å². The van der Waals surface area contributed by atoms with Crippen molar-refractivity contribution in [2.45, 2.75) is 19.6 Å². The van der Waals surface area contributed by atoms with E-state index in [1.165, 1.54) is 4.90 Å². The molecule has 1 aliphatic heterocycles. The first-order valence-electron chi connectivity index (χ1n) is 5.18. The maximum atomic E-state index is 11.5. The Hall–Kier alpha value is -1.84. The van der Waals surface area contributed by atoms with Gasteiger partial charge in [-0.2, -0.15) is 0 Å². The van der Waals surface area contributed by atoms with Crippen molar-refractivity contribution < 1.29 is 14.3 Å². The number of amides is 1. The summed E-state index contributed by atoms with van der Waals surface area (Å²) in [6.07, 6.45) is -0.420. The summed E-state index contributed by atoms with van der Waals surface area (Å²) in [5.74, 6) is 0.0802. The number of carbonyl (C=O) groups excluding carboxylic acids is 2. The molecule has 1 amide bonds. The van der Waals surface area contributed by atoms with E-state index in [4.69, 9.17) is 4.74 Å². The van der Waals surface area contributed by atoms with Gasteiger partial charge in [-0.3, -0.25) is 9.69 Å². The Labute approximate surface area is 93.8 Å². The number of ether oxygens (including phenoxy) is 1. The third-order valence-electron chi connectivity index (χ3n) is 2.70. The number of hydrogen-bond donors (Lipinski definition) is 0. The van der Waals surface area contributed by atoms with Gasteiger partial charge in [-0.15, -0.1) is 0 Å². The number of nitrogens with zero attached hydrogens (tertiary/aromatic N) is 1. The van der Waals surface area contributed by atoms with Crippen LogP contribution in [0.5, 0.6) is 0 Å². The molecule has 4 heteroatoms. The number of ketones is 1. The van der Waals surface area contributed by atoms with Gasteiger partial charge in [-0.25, -0.2) is 4.79 Å². The van der Waals surface area contributed by atoms with Crippen molar-refractivity contribution in [3.8, 4) is 0 Å². The Morgan fingerprint density at radius 2 is 2.12 bits per heavy atom. The fourth-order valence-electron chi connectivity index (χ4n) is 1.52. The zero-order chi connectivity index (χ0) is 11.5. The first kappa shape index (κ1) is 10.7. The fourth-order valence-corrected chi connectivity index (χ4v) is 1.52. The van der Waals surface area contributed by atoms with Crippen molar-refractivity contribution in [1.29, 1.82) is 0 Å². The molecule has 1 fully saturated rings. The molecule has 1 saturated heterocycles. The molecule has 0 aliphatic carbocycles. The fraction of sp³-hybridized carbons (Fsp3) is 0.333. The molecule has 0 spiro atoms. The second-order valence-electron chi connectivity index (χ2n) is 3.81. The minimum atomic E-state index is -0.420. The molecule has 16 heavy (non-hydrogen) atoms. The highest BCUT2D eigenvalue weighted by Gasteiger charge is 2.37. The van der Waals surface area contributed by atoms with E-state index in [-0.39, 0.29) is 25.0 Å². The number of likely N-dealkylation sites (tertiary alicyclic amines) is 1. The summed E-state index contributed by atoms with van der Waals surface area (Å²) in [5, 5.41) is 0. The maximum Gasteiger partial charge on any atom is 0.411 e. The quantitative estimate of drug-likeness (QED) is 0.759. The molecule has 0 N–H and O–H groups in total. The lowest BCUT2D eigenvalue weighted by Gasteiger charge is -2.35. The van der Waals surface area contributed by atoms with Crippen molar-refractivity contribution in [1.82, 2.24) is 4.90 Å². The Kier molecular flexibility index (Phi) is 2.90. The van der Waals surface area contributed by atoms with E-state index in [0.717, 1.165) is 5.56 Å². The predicted octanol–water partition coefficient (Wildman–Crippen LogP) is 1.60. The third kappa shape index (κ3) is 2.05. The summed E-state index contributed by atoms with van der Waals surface area (Å²) >= 11 is 0. The molecule has 0 radical (unpaired) electrons. The van der Waals surface area contributed by atoms with Crippen molar-refractivity contribution in [3.63, 3.8) is 0 Å². The topological polar surface area (TPSA) is 46.6 Å². The van der Waals surface area contributed by atoms with Crippen LogP contribution in [-0.4, -0.2) is 29.4 Å². The molecule has 2 rings (SSSR count). The molecule has 1 aromatic rings. The number of carbonyl (C=O) groups is 2. The standard InChI is InChI=1S/C12H13NO3/c1-9-11(14)7-13(9)12(15)16-8-10-5-3-2-4-6-10/h2-6,9H,7-8H2,1H3/t9-/m1/s1. The van der Waals surface area contributed by atoms with Crippen LogP contribution in [-0.2, 0) is 16.1 Å². The minimum Gasteiger partial charge on any atom is -0.445 e. The lowest BCUT2D eigenvalue weighted by atomic mass is 10.1. The molecule has 0 unspecified atom stereocenters. The monoisotopic (exact) mass is 219 g/mol. The van der Waals surface area contributed by atoms with Gasteiger partial charge in [0, 0.05) is 0 Å². The number of hydrogen-bond acceptors (Lipinski definition) is 3. The van der Waals surface area contributed by atoms with Crippen LogP contribution in [0.3, 0.4) is 0 Å². The van der Waals surface area contributed by atoms with E-state index >= 15 is 0 Å². The highest BCUT2D eigenvalue weighted by Crippen LogP contribution is 2.14. The van der Waals surface area contributed by atoms with Gasteiger partial charge in [-0.05, 0) is 12.5 Å². The smallest absolute Gasteiger partial charge is 0.411 e. The van der Waals surface area contributed by atoms with Gasteiger partial charge in [0.2, 0.25) is 0 Å². The second-order valence-corrected chi connectivity index (χ2v) is 3.81. The summed E-state index contributed by atoms with van der Waals surface area (Å²) in [6, 6.07) is 9.12.